The highest BCUT2D eigenvalue weighted by molar-refractivity contribution is 5.70. The van der Waals surface area contributed by atoms with Crippen molar-refractivity contribution in [2.75, 3.05) is 0 Å². The predicted octanol–water partition coefficient (Wildman–Crippen LogP) is 1.45. The van der Waals surface area contributed by atoms with Crippen LogP contribution in [0.1, 0.15) is 34.6 Å². The van der Waals surface area contributed by atoms with Crippen LogP contribution in [-0.4, -0.2) is 20.8 Å². The molecule has 0 fully saturated rings. The van der Waals surface area contributed by atoms with E-state index in [0.29, 0.717) is 0 Å². The number of carbonyl (C=O) groups excluding carboxylic acids is 1. The zero-order chi connectivity index (χ0) is 14.8. The minimum atomic E-state index is -0.782. The van der Waals surface area contributed by atoms with Gasteiger partial charge in [0, 0.05) is 18.8 Å². The molecule has 0 saturated heterocycles. The van der Waals surface area contributed by atoms with E-state index in [9.17, 15) is 14.4 Å². The number of rotatable bonds is 2. The molecular weight excluding hydrogens is 248 g/mol. The maximum atomic E-state index is 12.1. The van der Waals surface area contributed by atoms with E-state index >= 15 is 0 Å². The Labute approximate surface area is 111 Å². The fraction of sp³-hybridized carbons (Fsp3) is 0.615. The monoisotopic (exact) mass is 268 g/mol. The molecule has 0 amide bonds. The summed E-state index contributed by atoms with van der Waals surface area (Å²) >= 11 is 0. The van der Waals surface area contributed by atoms with E-state index in [2.05, 4.69) is 0 Å². The SMILES string of the molecule is CC(C)Cn1c(=O)ccn(C(=O)OC(C)(C)C)c1=O. The standard InChI is InChI=1S/C13H20N2O4/c1-9(2)8-15-10(16)6-7-14(11(15)17)12(18)19-13(3,4)5/h6-7,9H,8H2,1-5H3. The lowest BCUT2D eigenvalue weighted by molar-refractivity contribution is 0.0524. The van der Waals surface area contributed by atoms with Gasteiger partial charge in [-0.15, -0.1) is 0 Å². The largest absolute Gasteiger partial charge is 0.443 e. The molecular formula is C13H20N2O4. The number of hydrogen-bond donors (Lipinski definition) is 0. The fourth-order valence-electron chi connectivity index (χ4n) is 1.50. The molecule has 19 heavy (non-hydrogen) atoms. The molecule has 0 aliphatic heterocycles. The molecule has 1 heterocycles. The van der Waals surface area contributed by atoms with Crippen molar-refractivity contribution < 1.29 is 9.53 Å². The van der Waals surface area contributed by atoms with Crippen molar-refractivity contribution in [3.63, 3.8) is 0 Å². The molecule has 1 aromatic rings. The first-order valence-corrected chi connectivity index (χ1v) is 6.17. The Kier molecular flexibility index (Phi) is 4.34. The Morgan fingerprint density at radius 2 is 1.89 bits per heavy atom. The van der Waals surface area contributed by atoms with Gasteiger partial charge in [0.05, 0.1) is 0 Å². The van der Waals surface area contributed by atoms with Gasteiger partial charge in [0.25, 0.3) is 5.56 Å². The molecule has 0 unspecified atom stereocenters. The maximum absolute atomic E-state index is 12.1. The molecule has 0 saturated carbocycles. The van der Waals surface area contributed by atoms with Crippen LogP contribution >= 0.6 is 0 Å². The van der Waals surface area contributed by atoms with Crippen LogP contribution in [0, 0.1) is 5.92 Å². The minimum Gasteiger partial charge on any atom is -0.443 e. The summed E-state index contributed by atoms with van der Waals surface area (Å²) in [6.45, 7) is 9.16. The molecule has 6 nitrogen and oxygen atoms in total. The Bertz CT molecular complexity index is 576. The lowest BCUT2D eigenvalue weighted by Crippen LogP contribution is -2.43. The second-order valence-corrected chi connectivity index (χ2v) is 5.79. The van der Waals surface area contributed by atoms with E-state index in [1.54, 1.807) is 20.8 Å². The molecule has 1 aromatic heterocycles. The van der Waals surface area contributed by atoms with Gasteiger partial charge in [-0.2, -0.15) is 0 Å². The van der Waals surface area contributed by atoms with Gasteiger partial charge in [-0.25, -0.2) is 14.2 Å². The molecule has 0 spiro atoms. The van der Waals surface area contributed by atoms with Crippen molar-refractivity contribution in [3.05, 3.63) is 33.1 Å². The van der Waals surface area contributed by atoms with Gasteiger partial charge >= 0.3 is 11.8 Å². The summed E-state index contributed by atoms with van der Waals surface area (Å²) in [5.74, 6) is 0.125. The summed E-state index contributed by atoms with van der Waals surface area (Å²) in [4.78, 5) is 35.6. The number of hydrogen-bond acceptors (Lipinski definition) is 4. The van der Waals surface area contributed by atoms with Crippen LogP contribution in [0.15, 0.2) is 21.9 Å². The molecule has 0 aliphatic carbocycles. The summed E-state index contributed by atoms with van der Waals surface area (Å²) in [5.41, 5.74) is -1.79. The van der Waals surface area contributed by atoms with Crippen LogP contribution in [-0.2, 0) is 11.3 Å². The summed E-state index contributed by atoms with van der Waals surface area (Å²) in [5, 5.41) is 0. The average molecular weight is 268 g/mol. The quantitative estimate of drug-likeness (QED) is 0.814. The highest BCUT2D eigenvalue weighted by atomic mass is 16.6. The third kappa shape index (κ3) is 4.08. The molecule has 0 aromatic carbocycles. The zero-order valence-corrected chi connectivity index (χ0v) is 12.0. The first-order chi connectivity index (χ1) is 8.61. The third-order valence-corrected chi connectivity index (χ3v) is 2.21. The second-order valence-electron chi connectivity index (χ2n) is 5.79. The van der Waals surface area contributed by atoms with E-state index in [1.165, 1.54) is 6.07 Å². The van der Waals surface area contributed by atoms with Gasteiger partial charge in [-0.1, -0.05) is 13.8 Å². The molecule has 106 valence electrons. The Hall–Kier alpha value is -1.85. The van der Waals surface area contributed by atoms with E-state index in [-0.39, 0.29) is 12.5 Å². The van der Waals surface area contributed by atoms with Gasteiger partial charge in [0.15, 0.2) is 0 Å². The van der Waals surface area contributed by atoms with Crippen LogP contribution < -0.4 is 11.2 Å². The molecule has 0 radical (unpaired) electrons. The van der Waals surface area contributed by atoms with Crippen molar-refractivity contribution in [1.82, 2.24) is 9.13 Å². The minimum absolute atomic E-state index is 0.125. The fourth-order valence-corrected chi connectivity index (χ4v) is 1.50. The Balaban J connectivity index is 3.21. The van der Waals surface area contributed by atoms with Crippen molar-refractivity contribution in [2.24, 2.45) is 5.92 Å². The van der Waals surface area contributed by atoms with Crippen LogP contribution in [0.4, 0.5) is 4.79 Å². The van der Waals surface area contributed by atoms with Gasteiger partial charge < -0.3 is 4.74 Å². The van der Waals surface area contributed by atoms with Gasteiger partial charge in [-0.3, -0.25) is 9.36 Å². The molecule has 6 heteroatoms. The Morgan fingerprint density at radius 1 is 1.32 bits per heavy atom. The van der Waals surface area contributed by atoms with Crippen LogP contribution in [0.25, 0.3) is 0 Å². The number of ether oxygens (including phenoxy) is 1. The third-order valence-electron chi connectivity index (χ3n) is 2.21. The lowest BCUT2D eigenvalue weighted by Gasteiger charge is -2.20. The van der Waals surface area contributed by atoms with E-state index < -0.39 is 22.9 Å². The van der Waals surface area contributed by atoms with Crippen molar-refractivity contribution in [2.45, 2.75) is 46.8 Å². The van der Waals surface area contributed by atoms with E-state index in [1.807, 2.05) is 13.8 Å². The van der Waals surface area contributed by atoms with E-state index in [0.717, 1.165) is 15.3 Å². The maximum Gasteiger partial charge on any atom is 0.422 e. The zero-order valence-electron chi connectivity index (χ0n) is 12.0. The predicted molar refractivity (Wildman–Crippen MR) is 71.4 cm³/mol. The smallest absolute Gasteiger partial charge is 0.422 e. The molecule has 0 aliphatic rings. The number of nitrogens with zero attached hydrogens (tertiary/aromatic N) is 2. The summed E-state index contributed by atoms with van der Waals surface area (Å²) in [6, 6.07) is 1.19. The first kappa shape index (κ1) is 15.2. The first-order valence-electron chi connectivity index (χ1n) is 6.17. The normalized spacial score (nSPS) is 11.7. The highest BCUT2D eigenvalue weighted by Gasteiger charge is 2.20. The van der Waals surface area contributed by atoms with Gasteiger partial charge in [-0.05, 0) is 26.7 Å². The van der Waals surface area contributed by atoms with Crippen LogP contribution in [0.5, 0.6) is 0 Å². The van der Waals surface area contributed by atoms with Crippen LogP contribution in [0.2, 0.25) is 0 Å². The summed E-state index contributed by atoms with van der Waals surface area (Å²) in [7, 11) is 0. The van der Waals surface area contributed by atoms with Gasteiger partial charge in [0.2, 0.25) is 0 Å². The summed E-state index contributed by atoms with van der Waals surface area (Å²) in [6.07, 6.45) is 0.366. The van der Waals surface area contributed by atoms with Crippen molar-refractivity contribution >= 4 is 6.09 Å². The number of carbonyl (C=O) groups is 1. The number of aromatic nitrogens is 2. The average Bonchev–Trinajstić information content (AvgIpc) is 2.21. The van der Waals surface area contributed by atoms with Gasteiger partial charge in [0.1, 0.15) is 5.60 Å². The van der Waals surface area contributed by atoms with Crippen molar-refractivity contribution in [1.29, 1.82) is 0 Å². The topological polar surface area (TPSA) is 70.3 Å². The van der Waals surface area contributed by atoms with Crippen molar-refractivity contribution in [3.8, 4) is 0 Å². The molecule has 0 bridgehead atoms. The summed E-state index contributed by atoms with van der Waals surface area (Å²) < 4.78 is 6.96. The Morgan fingerprint density at radius 3 is 2.37 bits per heavy atom. The van der Waals surface area contributed by atoms with E-state index in [4.69, 9.17) is 4.74 Å². The van der Waals surface area contributed by atoms with Crippen LogP contribution in [0.3, 0.4) is 0 Å². The lowest BCUT2D eigenvalue weighted by atomic mass is 10.2. The molecule has 0 atom stereocenters. The molecule has 0 N–H and O–H groups in total. The molecule has 1 rings (SSSR count). The second kappa shape index (κ2) is 5.42. The highest BCUT2D eigenvalue weighted by Crippen LogP contribution is 2.07.